The van der Waals surface area contributed by atoms with Crippen LogP contribution in [0.4, 0.5) is 0 Å². The number of hydrogen-bond acceptors (Lipinski definition) is 22. The SMILES string of the molecule is COC(=O)CN(CCN(CC(=O)OC)Cc1ccccc1B1O[C@H]2C[C@H]3C[C@H](C3(C)C)[C@@]2(C)O1)Cc1ccccc1B1OC2[C@H](C[C@H]3C[C@@H]2C3(C)CCC2(C)OB(c3ccc(OC)cc3CN(CCN(CC(=O)OC)Cc3cc(OC)ccc3B3OC(C)(C)C(C)(C)O3)CC(=O)OC)OC2(C)C)O1. The third kappa shape index (κ3) is 15.5. The van der Waals surface area contributed by atoms with Crippen molar-refractivity contribution in [1.29, 1.82) is 0 Å². The summed E-state index contributed by atoms with van der Waals surface area (Å²) in [6, 6.07) is 28.0. The van der Waals surface area contributed by atoms with E-state index < -0.39 is 62.8 Å². The number of carbonyl (C=O) groups excluding carboxylic acids is 4. The largest absolute Gasteiger partial charge is 0.497 e. The van der Waals surface area contributed by atoms with E-state index in [1.807, 2.05) is 98.2 Å². The molecule has 4 bridgehead atoms. The minimum absolute atomic E-state index is 0.0189. The first-order chi connectivity index (χ1) is 48.9. The number of esters is 4. The van der Waals surface area contributed by atoms with Gasteiger partial charge in [-0.25, -0.2) is 0 Å². The molecule has 3 unspecified atom stereocenters. The molecule has 0 radical (unpaired) electrons. The van der Waals surface area contributed by atoms with E-state index in [2.05, 4.69) is 82.5 Å². The lowest BCUT2D eigenvalue weighted by Gasteiger charge is -2.64. The molecule has 6 aliphatic carbocycles. The normalized spacial score (nSPS) is 28.1. The first-order valence-electron chi connectivity index (χ1n) is 36.9. The monoisotopic (exact) mass is 1420 g/mol. The molecule has 556 valence electrons. The van der Waals surface area contributed by atoms with Crippen molar-refractivity contribution in [3.63, 3.8) is 0 Å². The lowest BCUT2D eigenvalue weighted by molar-refractivity contribution is -0.199. The van der Waals surface area contributed by atoms with Crippen molar-refractivity contribution in [2.24, 2.45) is 34.5 Å². The van der Waals surface area contributed by atoms with Gasteiger partial charge in [0, 0.05) is 52.4 Å². The third-order valence-electron chi connectivity index (χ3n) is 25.8. The molecule has 0 N–H and O–H groups in total. The predicted octanol–water partition coefficient (Wildman–Crippen LogP) is 6.52. The van der Waals surface area contributed by atoms with Crippen molar-refractivity contribution >= 4 is 74.2 Å². The molecule has 4 aliphatic heterocycles. The minimum Gasteiger partial charge on any atom is -0.497 e. The second kappa shape index (κ2) is 30.4. The van der Waals surface area contributed by atoms with Crippen LogP contribution >= 0.6 is 0 Å². The molecule has 14 rings (SSSR count). The molecular weight excluding hydrogens is 1310 g/mol. The zero-order chi connectivity index (χ0) is 73.8. The summed E-state index contributed by atoms with van der Waals surface area (Å²) >= 11 is 0. The smallest absolute Gasteiger partial charge is 0.495 e. The first kappa shape index (κ1) is 76.8. The Labute approximate surface area is 611 Å². The highest BCUT2D eigenvalue weighted by molar-refractivity contribution is 6.64. The predicted molar refractivity (Wildman–Crippen MR) is 392 cm³/mol. The zero-order valence-corrected chi connectivity index (χ0v) is 63.8. The molecule has 26 heteroatoms. The summed E-state index contributed by atoms with van der Waals surface area (Å²) in [7, 11) is 6.24. The Kier molecular flexibility index (Phi) is 22.7. The van der Waals surface area contributed by atoms with Gasteiger partial charge in [0.2, 0.25) is 0 Å². The highest BCUT2D eigenvalue weighted by Crippen LogP contribution is 2.66. The molecule has 4 aromatic rings. The average molecular weight is 1420 g/mol. The Bertz CT molecular complexity index is 3720. The fourth-order valence-corrected chi connectivity index (χ4v) is 17.8. The lowest BCUT2D eigenvalue weighted by Crippen LogP contribution is -2.65. The van der Waals surface area contributed by atoms with Gasteiger partial charge in [-0.3, -0.25) is 38.8 Å². The van der Waals surface area contributed by atoms with E-state index in [0.717, 1.165) is 76.2 Å². The summed E-state index contributed by atoms with van der Waals surface area (Å²) in [4.78, 5) is 61.0. The Morgan fingerprint density at radius 2 is 0.874 bits per heavy atom. The highest BCUT2D eigenvalue weighted by atomic mass is 16.7. The molecule has 6 saturated carbocycles. The van der Waals surface area contributed by atoms with E-state index >= 15 is 0 Å². The summed E-state index contributed by atoms with van der Waals surface area (Å²) in [5.41, 5.74) is 4.30. The molecule has 22 nitrogen and oxygen atoms in total. The van der Waals surface area contributed by atoms with Crippen LogP contribution < -0.4 is 31.3 Å². The van der Waals surface area contributed by atoms with Gasteiger partial charge in [0.15, 0.2) is 0 Å². The van der Waals surface area contributed by atoms with E-state index in [1.165, 1.54) is 28.4 Å². The topological polar surface area (TPSA) is 210 Å². The second-order valence-corrected chi connectivity index (χ2v) is 32.8. The van der Waals surface area contributed by atoms with Gasteiger partial charge in [-0.1, -0.05) is 81.4 Å². The van der Waals surface area contributed by atoms with Crippen LogP contribution in [0.5, 0.6) is 11.5 Å². The molecule has 10 fully saturated rings. The Hall–Kier alpha value is -5.86. The van der Waals surface area contributed by atoms with Crippen molar-refractivity contribution in [2.45, 2.75) is 187 Å². The van der Waals surface area contributed by atoms with Crippen molar-refractivity contribution in [1.82, 2.24) is 19.6 Å². The fourth-order valence-electron chi connectivity index (χ4n) is 17.8. The number of hydrogen-bond donors (Lipinski definition) is 0. The van der Waals surface area contributed by atoms with Crippen LogP contribution in [-0.2, 0) is 102 Å². The van der Waals surface area contributed by atoms with Crippen LogP contribution in [0.1, 0.15) is 137 Å². The van der Waals surface area contributed by atoms with Gasteiger partial charge in [0.05, 0.1) is 115 Å². The van der Waals surface area contributed by atoms with Crippen molar-refractivity contribution in [3.8, 4) is 11.5 Å². The van der Waals surface area contributed by atoms with E-state index in [9.17, 15) is 19.2 Å². The highest BCUT2D eigenvalue weighted by Gasteiger charge is 2.69. The van der Waals surface area contributed by atoms with E-state index in [4.69, 9.17) is 65.7 Å². The fraction of sp³-hybridized carbons (Fsp3) is 0.636. The Morgan fingerprint density at radius 1 is 0.437 bits per heavy atom. The molecule has 4 aromatic carbocycles. The number of ether oxygens (including phenoxy) is 6. The van der Waals surface area contributed by atoms with Gasteiger partial charge >= 0.3 is 52.4 Å². The molecule has 4 heterocycles. The Balaban J connectivity index is 0.703. The van der Waals surface area contributed by atoms with Crippen molar-refractivity contribution < 1.29 is 84.8 Å². The van der Waals surface area contributed by atoms with Crippen LogP contribution in [-0.4, -0.2) is 213 Å². The van der Waals surface area contributed by atoms with Gasteiger partial charge in [-0.2, -0.15) is 0 Å². The standard InChI is InChI=1S/C77H108B4N4O18/c1-71(2)54-40-64(71)77(11)65(41-54)97-79(103-77)60-25-21-19-23-51(60)43-83(47-67(87)93-15)33-32-82(46-66(86)92-14)42-50-22-18-20-24-59(50)78-96-63-39-55-38-58(70(63)98-78)75(55,9)30-31-76(10)74(7,8)101-81(102-76)62-29-27-57(91-13)37-53(62)45-85(49-69(89)95-17)35-34-84(48-68(88)94-16)44-52-36-56(90-12)26-28-61(52)80-99-72(3,4)73(5,6)100-80/h18-29,36-37,54-55,58,63-65,70H,30-35,38-49H2,1-17H3/t54-,55-,58+,63+,64-,65+,70?,75?,76?,77-/m1/s1. The van der Waals surface area contributed by atoms with Gasteiger partial charge in [0.1, 0.15) is 11.5 Å². The van der Waals surface area contributed by atoms with Crippen LogP contribution in [0, 0.1) is 34.5 Å². The summed E-state index contributed by atoms with van der Waals surface area (Å²) in [5.74, 6) is 1.40. The first-order valence-corrected chi connectivity index (χ1v) is 36.9. The molecule has 0 amide bonds. The molecule has 4 saturated heterocycles. The molecule has 10 atom stereocenters. The van der Waals surface area contributed by atoms with Crippen LogP contribution in [0.3, 0.4) is 0 Å². The Morgan fingerprint density at radius 3 is 1.34 bits per heavy atom. The quantitative estimate of drug-likeness (QED) is 0.0298. The number of nitrogens with zero attached hydrogens (tertiary/aromatic N) is 4. The van der Waals surface area contributed by atoms with Crippen molar-refractivity contribution in [2.75, 3.05) is 95.0 Å². The van der Waals surface area contributed by atoms with Gasteiger partial charge < -0.3 is 65.7 Å². The van der Waals surface area contributed by atoms with Crippen molar-refractivity contribution in [3.05, 3.63) is 107 Å². The second-order valence-electron chi connectivity index (χ2n) is 32.8. The molecular formula is C77H108B4N4O18. The van der Waals surface area contributed by atoms with E-state index in [-0.39, 0.29) is 85.3 Å². The minimum atomic E-state index is -0.757. The van der Waals surface area contributed by atoms with Gasteiger partial charge in [0.25, 0.3) is 0 Å². The summed E-state index contributed by atoms with van der Waals surface area (Å²) < 4.78 is 87.7. The summed E-state index contributed by atoms with van der Waals surface area (Å²) in [6.45, 7) is 26.8. The third-order valence-corrected chi connectivity index (χ3v) is 25.8. The molecule has 10 aliphatic rings. The maximum Gasteiger partial charge on any atom is 0.495 e. The molecule has 0 spiro atoms. The maximum absolute atomic E-state index is 13.3. The van der Waals surface area contributed by atoms with Crippen LogP contribution in [0.2, 0.25) is 0 Å². The average Bonchev–Trinajstić information content (AvgIpc) is 1.67. The maximum atomic E-state index is 13.3. The number of benzene rings is 4. The van der Waals surface area contributed by atoms with Gasteiger partial charge in [-0.15, -0.1) is 0 Å². The molecule has 0 aromatic heterocycles. The summed E-state index contributed by atoms with van der Waals surface area (Å²) in [6.07, 6.45) is 5.43. The van der Waals surface area contributed by atoms with Crippen LogP contribution in [0.25, 0.3) is 0 Å². The van der Waals surface area contributed by atoms with Gasteiger partial charge in [-0.05, 0) is 197 Å². The summed E-state index contributed by atoms with van der Waals surface area (Å²) in [5, 5.41) is 0. The van der Waals surface area contributed by atoms with E-state index in [1.54, 1.807) is 14.2 Å². The van der Waals surface area contributed by atoms with Crippen LogP contribution in [0.15, 0.2) is 84.9 Å². The molecule has 103 heavy (non-hydrogen) atoms. The lowest BCUT2D eigenvalue weighted by atomic mass is 9.43. The number of rotatable bonds is 31. The van der Waals surface area contributed by atoms with E-state index in [0.29, 0.717) is 81.5 Å². The zero-order valence-electron chi connectivity index (χ0n) is 63.8. The number of methoxy groups -OCH3 is 6. The number of carbonyl (C=O) groups is 4.